The Morgan fingerprint density at radius 3 is 2.71 bits per heavy atom. The second-order valence-electron chi connectivity index (χ2n) is 4.49. The van der Waals surface area contributed by atoms with Crippen LogP contribution in [0.15, 0.2) is 53.4 Å². The number of nitrogens with one attached hydrogen (secondary N) is 1. The van der Waals surface area contributed by atoms with E-state index in [2.05, 4.69) is 5.32 Å². The molecule has 21 heavy (non-hydrogen) atoms. The van der Waals surface area contributed by atoms with Crippen molar-refractivity contribution in [1.82, 2.24) is 5.32 Å². The Balaban J connectivity index is 1.78. The van der Waals surface area contributed by atoms with Crippen LogP contribution in [0.5, 0.6) is 5.75 Å². The van der Waals surface area contributed by atoms with Gasteiger partial charge in [0.15, 0.2) is 0 Å². The molecule has 2 aromatic carbocycles. The molecule has 0 aliphatic carbocycles. The molecule has 0 spiro atoms. The Kier molecular flexibility index (Phi) is 5.51. The van der Waals surface area contributed by atoms with E-state index in [1.807, 2.05) is 48.5 Å². The van der Waals surface area contributed by atoms with Crippen molar-refractivity contribution < 1.29 is 9.53 Å². The first-order valence-electron chi connectivity index (χ1n) is 6.55. The fourth-order valence-electron chi connectivity index (χ4n) is 1.75. The number of rotatable bonds is 6. The molecule has 5 heteroatoms. The molecule has 0 fully saturated rings. The van der Waals surface area contributed by atoms with Gasteiger partial charge in [-0.15, -0.1) is 11.8 Å². The van der Waals surface area contributed by atoms with Gasteiger partial charge in [-0.2, -0.15) is 0 Å². The van der Waals surface area contributed by atoms with E-state index in [1.54, 1.807) is 7.11 Å². The molecule has 3 N–H and O–H groups in total. The fourth-order valence-corrected chi connectivity index (χ4v) is 2.48. The standard InChI is InChI=1S/C16H18N2O2S/c1-20-14-4-2-3-12(9-14)10-18-16(19)11-21-15-7-5-13(17)6-8-15/h2-9H,10-11,17H2,1H3,(H,18,19). The molecule has 0 bridgehead atoms. The summed E-state index contributed by atoms with van der Waals surface area (Å²) in [6.45, 7) is 0.498. The number of hydrogen-bond acceptors (Lipinski definition) is 4. The van der Waals surface area contributed by atoms with Crippen molar-refractivity contribution in [2.24, 2.45) is 0 Å². The number of benzene rings is 2. The number of methoxy groups -OCH3 is 1. The highest BCUT2D eigenvalue weighted by Crippen LogP contribution is 2.18. The van der Waals surface area contributed by atoms with Crippen LogP contribution in [0.3, 0.4) is 0 Å². The van der Waals surface area contributed by atoms with Gasteiger partial charge in [-0.3, -0.25) is 4.79 Å². The second-order valence-corrected chi connectivity index (χ2v) is 5.53. The maximum Gasteiger partial charge on any atom is 0.230 e. The third-order valence-electron chi connectivity index (χ3n) is 2.87. The van der Waals surface area contributed by atoms with Gasteiger partial charge < -0.3 is 15.8 Å². The van der Waals surface area contributed by atoms with E-state index >= 15 is 0 Å². The van der Waals surface area contributed by atoms with Gasteiger partial charge in [-0.05, 0) is 42.0 Å². The van der Waals surface area contributed by atoms with Crippen molar-refractivity contribution >= 4 is 23.4 Å². The second kappa shape index (κ2) is 7.59. The van der Waals surface area contributed by atoms with Crippen molar-refractivity contribution in [2.45, 2.75) is 11.4 Å². The molecule has 0 atom stereocenters. The zero-order valence-corrected chi connectivity index (χ0v) is 12.7. The molecule has 0 heterocycles. The predicted octanol–water partition coefficient (Wildman–Crippen LogP) is 2.69. The van der Waals surface area contributed by atoms with Crippen LogP contribution in [-0.2, 0) is 11.3 Å². The van der Waals surface area contributed by atoms with E-state index in [-0.39, 0.29) is 5.91 Å². The molecule has 0 aromatic heterocycles. The number of amides is 1. The smallest absolute Gasteiger partial charge is 0.230 e. The van der Waals surface area contributed by atoms with Crippen molar-refractivity contribution in [3.8, 4) is 5.75 Å². The molecule has 0 saturated carbocycles. The third kappa shape index (κ3) is 5.04. The number of carbonyl (C=O) groups excluding carboxylic acids is 1. The van der Waals surface area contributed by atoms with Crippen LogP contribution in [-0.4, -0.2) is 18.8 Å². The lowest BCUT2D eigenvalue weighted by molar-refractivity contribution is -0.118. The minimum atomic E-state index is -0.000329. The monoisotopic (exact) mass is 302 g/mol. The first kappa shape index (κ1) is 15.3. The molecule has 1 amide bonds. The van der Waals surface area contributed by atoms with Gasteiger partial charge in [-0.1, -0.05) is 12.1 Å². The Labute approximate surface area is 128 Å². The summed E-state index contributed by atoms with van der Waals surface area (Å²) < 4.78 is 5.15. The van der Waals surface area contributed by atoms with Gasteiger partial charge in [0.1, 0.15) is 5.75 Å². The molecule has 4 nitrogen and oxygen atoms in total. The van der Waals surface area contributed by atoms with Crippen LogP contribution < -0.4 is 15.8 Å². The molecule has 2 aromatic rings. The lowest BCUT2D eigenvalue weighted by Gasteiger charge is -2.07. The minimum absolute atomic E-state index is 0.000329. The summed E-state index contributed by atoms with van der Waals surface area (Å²) in [5.41, 5.74) is 7.36. The number of nitrogen functional groups attached to an aromatic ring is 1. The molecule has 110 valence electrons. The maximum atomic E-state index is 11.8. The van der Waals surface area contributed by atoms with E-state index in [0.29, 0.717) is 12.3 Å². The highest BCUT2D eigenvalue weighted by atomic mass is 32.2. The summed E-state index contributed by atoms with van der Waals surface area (Å²) in [5, 5.41) is 2.89. The van der Waals surface area contributed by atoms with Crippen molar-refractivity contribution in [3.63, 3.8) is 0 Å². The van der Waals surface area contributed by atoms with Crippen molar-refractivity contribution in [1.29, 1.82) is 0 Å². The number of carbonyl (C=O) groups is 1. The quantitative estimate of drug-likeness (QED) is 0.636. The summed E-state index contributed by atoms with van der Waals surface area (Å²) in [7, 11) is 1.63. The zero-order valence-electron chi connectivity index (χ0n) is 11.8. The molecule has 2 rings (SSSR count). The predicted molar refractivity (Wildman–Crippen MR) is 86.4 cm³/mol. The van der Waals surface area contributed by atoms with Gasteiger partial charge in [0.05, 0.1) is 12.9 Å². The lowest BCUT2D eigenvalue weighted by atomic mass is 10.2. The molecular formula is C16H18N2O2S. The van der Waals surface area contributed by atoms with Crippen LogP contribution in [0.25, 0.3) is 0 Å². The SMILES string of the molecule is COc1cccc(CNC(=O)CSc2ccc(N)cc2)c1. The molecule has 0 unspecified atom stereocenters. The molecule has 0 aliphatic rings. The Morgan fingerprint density at radius 2 is 2.00 bits per heavy atom. The largest absolute Gasteiger partial charge is 0.497 e. The Bertz CT molecular complexity index is 599. The van der Waals surface area contributed by atoms with Crippen LogP contribution in [0.2, 0.25) is 0 Å². The fraction of sp³-hybridized carbons (Fsp3) is 0.188. The minimum Gasteiger partial charge on any atom is -0.497 e. The molecule has 0 radical (unpaired) electrons. The molecule has 0 saturated heterocycles. The van der Waals surface area contributed by atoms with Gasteiger partial charge in [0.25, 0.3) is 0 Å². The molecular weight excluding hydrogens is 284 g/mol. The van der Waals surface area contributed by atoms with Crippen LogP contribution in [0, 0.1) is 0 Å². The number of hydrogen-bond donors (Lipinski definition) is 2. The van der Waals surface area contributed by atoms with Gasteiger partial charge in [-0.25, -0.2) is 0 Å². The van der Waals surface area contributed by atoms with Crippen molar-refractivity contribution in [3.05, 3.63) is 54.1 Å². The number of ether oxygens (including phenoxy) is 1. The summed E-state index contributed by atoms with van der Waals surface area (Å²) in [5.74, 6) is 1.17. The third-order valence-corrected chi connectivity index (χ3v) is 3.89. The average Bonchev–Trinajstić information content (AvgIpc) is 2.52. The van der Waals surface area contributed by atoms with Gasteiger partial charge >= 0.3 is 0 Å². The number of anilines is 1. The van der Waals surface area contributed by atoms with E-state index in [1.165, 1.54) is 11.8 Å². The zero-order chi connectivity index (χ0) is 15.1. The summed E-state index contributed by atoms with van der Waals surface area (Å²) >= 11 is 1.49. The summed E-state index contributed by atoms with van der Waals surface area (Å²) in [4.78, 5) is 12.9. The Morgan fingerprint density at radius 1 is 1.24 bits per heavy atom. The van der Waals surface area contributed by atoms with Crippen molar-refractivity contribution in [2.75, 3.05) is 18.6 Å². The first-order chi connectivity index (χ1) is 10.2. The van der Waals surface area contributed by atoms with E-state index < -0.39 is 0 Å². The van der Waals surface area contributed by atoms with Gasteiger partial charge in [0, 0.05) is 17.1 Å². The average molecular weight is 302 g/mol. The van der Waals surface area contributed by atoms with E-state index in [0.717, 1.165) is 21.9 Å². The number of thioether (sulfide) groups is 1. The van der Waals surface area contributed by atoms with Crippen LogP contribution in [0.4, 0.5) is 5.69 Å². The normalized spacial score (nSPS) is 10.1. The number of nitrogens with two attached hydrogens (primary N) is 1. The summed E-state index contributed by atoms with van der Waals surface area (Å²) in [6, 6.07) is 15.1. The first-order valence-corrected chi connectivity index (χ1v) is 7.54. The van der Waals surface area contributed by atoms with Crippen LogP contribution in [0.1, 0.15) is 5.56 Å². The Hall–Kier alpha value is -2.14. The highest BCUT2D eigenvalue weighted by molar-refractivity contribution is 8.00. The van der Waals surface area contributed by atoms with Gasteiger partial charge in [0.2, 0.25) is 5.91 Å². The molecule has 0 aliphatic heterocycles. The van der Waals surface area contributed by atoms with Crippen LogP contribution >= 0.6 is 11.8 Å². The maximum absolute atomic E-state index is 11.8. The van der Waals surface area contributed by atoms with E-state index in [9.17, 15) is 4.79 Å². The van der Waals surface area contributed by atoms with E-state index in [4.69, 9.17) is 10.5 Å². The lowest BCUT2D eigenvalue weighted by Crippen LogP contribution is -2.24. The summed E-state index contributed by atoms with van der Waals surface area (Å²) in [6.07, 6.45) is 0. The topological polar surface area (TPSA) is 64.3 Å². The highest BCUT2D eigenvalue weighted by Gasteiger charge is 2.03.